The molecule has 1 aliphatic heterocycles. The number of nitrogens with one attached hydrogen (secondary N) is 2. The lowest BCUT2D eigenvalue weighted by molar-refractivity contribution is -0.124. The Morgan fingerprint density at radius 2 is 2.35 bits per heavy atom. The van der Waals surface area contributed by atoms with Gasteiger partial charge >= 0.3 is 0 Å². The number of amides is 1. The lowest BCUT2D eigenvalue weighted by Gasteiger charge is -2.21. The molecular formula is C11H18N4O2. The highest BCUT2D eigenvalue weighted by molar-refractivity contribution is 5.82. The maximum Gasteiger partial charge on any atom is 0.237 e. The van der Waals surface area contributed by atoms with Crippen molar-refractivity contribution >= 4 is 5.91 Å². The van der Waals surface area contributed by atoms with Crippen molar-refractivity contribution in [2.24, 2.45) is 0 Å². The average Bonchev–Trinajstić information content (AvgIpc) is 2.80. The van der Waals surface area contributed by atoms with Crippen LogP contribution in [-0.2, 0) is 11.2 Å². The van der Waals surface area contributed by atoms with Crippen LogP contribution in [0.25, 0.3) is 0 Å². The molecule has 0 spiro atoms. The van der Waals surface area contributed by atoms with Gasteiger partial charge < -0.3 is 15.2 Å². The summed E-state index contributed by atoms with van der Waals surface area (Å²) in [6.07, 6.45) is 1.43. The predicted molar refractivity (Wildman–Crippen MR) is 61.5 cm³/mol. The number of carbonyl (C=O) groups excluding carboxylic acids is 1. The van der Waals surface area contributed by atoms with E-state index in [1.807, 2.05) is 0 Å². The number of carbonyl (C=O) groups is 1. The van der Waals surface area contributed by atoms with E-state index in [9.17, 15) is 4.79 Å². The lowest BCUT2D eigenvalue weighted by atomic mass is 10.1. The summed E-state index contributed by atoms with van der Waals surface area (Å²) in [6.45, 7) is 5.59. The molecular weight excluding hydrogens is 220 g/mol. The van der Waals surface area contributed by atoms with Gasteiger partial charge in [0.15, 0.2) is 5.82 Å². The number of nitrogens with zero attached hydrogens (tertiary/aromatic N) is 2. The summed E-state index contributed by atoms with van der Waals surface area (Å²) in [5, 5.41) is 9.86. The smallest absolute Gasteiger partial charge is 0.237 e. The van der Waals surface area contributed by atoms with E-state index in [4.69, 9.17) is 4.52 Å². The summed E-state index contributed by atoms with van der Waals surface area (Å²) in [7, 11) is 0. The topological polar surface area (TPSA) is 80.0 Å². The summed E-state index contributed by atoms with van der Waals surface area (Å²) in [5.74, 6) is 1.54. The number of aromatic nitrogens is 2. The van der Waals surface area contributed by atoms with Crippen LogP contribution >= 0.6 is 0 Å². The van der Waals surface area contributed by atoms with Gasteiger partial charge in [-0.05, 0) is 6.42 Å². The largest absolute Gasteiger partial charge is 0.353 e. The maximum absolute atomic E-state index is 11.5. The zero-order valence-corrected chi connectivity index (χ0v) is 10.2. The first kappa shape index (κ1) is 12.0. The number of hydrogen-bond acceptors (Lipinski definition) is 5. The van der Waals surface area contributed by atoms with E-state index in [0.717, 1.165) is 18.8 Å². The zero-order valence-electron chi connectivity index (χ0n) is 10.2. The monoisotopic (exact) mass is 238 g/mol. The van der Waals surface area contributed by atoms with Crippen molar-refractivity contribution in [2.45, 2.75) is 38.6 Å². The molecule has 1 fully saturated rings. The Morgan fingerprint density at radius 1 is 1.53 bits per heavy atom. The molecule has 0 aliphatic carbocycles. The van der Waals surface area contributed by atoms with Crippen LogP contribution in [0, 0.1) is 0 Å². The molecule has 1 aromatic heterocycles. The zero-order chi connectivity index (χ0) is 12.3. The first-order valence-corrected chi connectivity index (χ1v) is 6.04. The first-order valence-electron chi connectivity index (χ1n) is 6.04. The molecule has 6 heteroatoms. The normalized spacial score (nSPS) is 22.2. The van der Waals surface area contributed by atoms with E-state index in [0.29, 0.717) is 24.8 Å². The van der Waals surface area contributed by atoms with Gasteiger partial charge in [0.2, 0.25) is 11.8 Å². The van der Waals surface area contributed by atoms with Crippen LogP contribution in [0.5, 0.6) is 0 Å². The van der Waals surface area contributed by atoms with Crippen molar-refractivity contribution in [3.8, 4) is 0 Å². The molecule has 1 amide bonds. The summed E-state index contributed by atoms with van der Waals surface area (Å²) in [4.78, 5) is 15.8. The minimum Gasteiger partial charge on any atom is -0.353 e. The third-order valence-corrected chi connectivity index (χ3v) is 3.05. The predicted octanol–water partition coefficient (Wildman–Crippen LogP) is 0.214. The van der Waals surface area contributed by atoms with E-state index >= 15 is 0 Å². The standard InChI is InChI=1S/C11H18N4O2/c1-3-7(2)10-14-9(17-15-10)6-8-11(16)13-5-4-12-8/h7-8,12H,3-6H2,1-2H3,(H,13,16). The number of rotatable bonds is 4. The lowest BCUT2D eigenvalue weighted by Crippen LogP contribution is -2.53. The van der Waals surface area contributed by atoms with Crippen LogP contribution in [0.2, 0.25) is 0 Å². The Bertz CT molecular complexity index is 391. The number of piperazine rings is 1. The van der Waals surface area contributed by atoms with Gasteiger partial charge in [-0.1, -0.05) is 19.0 Å². The van der Waals surface area contributed by atoms with E-state index in [-0.39, 0.29) is 11.9 Å². The van der Waals surface area contributed by atoms with E-state index in [1.54, 1.807) is 0 Å². The van der Waals surface area contributed by atoms with Gasteiger partial charge in [0, 0.05) is 19.0 Å². The van der Waals surface area contributed by atoms with E-state index in [1.165, 1.54) is 0 Å². The molecule has 0 aromatic carbocycles. The highest BCUT2D eigenvalue weighted by Gasteiger charge is 2.24. The van der Waals surface area contributed by atoms with Crippen molar-refractivity contribution in [2.75, 3.05) is 13.1 Å². The van der Waals surface area contributed by atoms with E-state index < -0.39 is 0 Å². The van der Waals surface area contributed by atoms with Gasteiger partial charge in [0.1, 0.15) is 0 Å². The molecule has 0 radical (unpaired) electrons. The van der Waals surface area contributed by atoms with Crippen LogP contribution in [0.4, 0.5) is 0 Å². The van der Waals surface area contributed by atoms with Gasteiger partial charge in [-0.15, -0.1) is 0 Å². The molecule has 2 heterocycles. The highest BCUT2D eigenvalue weighted by Crippen LogP contribution is 2.15. The van der Waals surface area contributed by atoms with Gasteiger partial charge in [-0.25, -0.2) is 0 Å². The van der Waals surface area contributed by atoms with Gasteiger partial charge in [0.05, 0.1) is 12.5 Å². The fraction of sp³-hybridized carbons (Fsp3) is 0.727. The molecule has 2 atom stereocenters. The van der Waals surface area contributed by atoms with Crippen LogP contribution < -0.4 is 10.6 Å². The van der Waals surface area contributed by atoms with Crippen molar-refractivity contribution < 1.29 is 9.32 Å². The molecule has 0 saturated carbocycles. The van der Waals surface area contributed by atoms with Crippen LogP contribution in [-0.4, -0.2) is 35.2 Å². The van der Waals surface area contributed by atoms with Crippen LogP contribution in [0.15, 0.2) is 4.52 Å². The highest BCUT2D eigenvalue weighted by atomic mass is 16.5. The molecule has 1 aromatic rings. The summed E-state index contributed by atoms with van der Waals surface area (Å²) < 4.78 is 5.16. The molecule has 1 saturated heterocycles. The van der Waals surface area contributed by atoms with Gasteiger partial charge in [0.25, 0.3) is 0 Å². The first-order chi connectivity index (χ1) is 8.20. The van der Waals surface area contributed by atoms with Crippen LogP contribution in [0.1, 0.15) is 37.9 Å². The molecule has 6 nitrogen and oxygen atoms in total. The van der Waals surface area contributed by atoms with Crippen molar-refractivity contribution in [3.63, 3.8) is 0 Å². The minimum absolute atomic E-state index is 0.000426. The Labute approximate surface area is 100 Å². The van der Waals surface area contributed by atoms with Gasteiger partial charge in [-0.3, -0.25) is 4.79 Å². The summed E-state index contributed by atoms with van der Waals surface area (Å²) >= 11 is 0. The van der Waals surface area contributed by atoms with E-state index in [2.05, 4.69) is 34.6 Å². The second-order valence-corrected chi connectivity index (χ2v) is 4.36. The summed E-state index contributed by atoms with van der Waals surface area (Å²) in [6, 6.07) is -0.256. The molecule has 2 rings (SSSR count). The van der Waals surface area contributed by atoms with Crippen molar-refractivity contribution in [1.82, 2.24) is 20.8 Å². The molecule has 2 unspecified atom stereocenters. The van der Waals surface area contributed by atoms with Crippen molar-refractivity contribution in [1.29, 1.82) is 0 Å². The van der Waals surface area contributed by atoms with Crippen molar-refractivity contribution in [3.05, 3.63) is 11.7 Å². The Hall–Kier alpha value is -1.43. The maximum atomic E-state index is 11.5. The second-order valence-electron chi connectivity index (χ2n) is 4.36. The third-order valence-electron chi connectivity index (χ3n) is 3.05. The second kappa shape index (κ2) is 5.27. The molecule has 0 bridgehead atoms. The number of hydrogen-bond donors (Lipinski definition) is 2. The Morgan fingerprint density at radius 3 is 3.06 bits per heavy atom. The Balaban J connectivity index is 1.98. The van der Waals surface area contributed by atoms with Crippen LogP contribution in [0.3, 0.4) is 0 Å². The van der Waals surface area contributed by atoms with Gasteiger partial charge in [-0.2, -0.15) is 4.98 Å². The minimum atomic E-state index is -0.256. The summed E-state index contributed by atoms with van der Waals surface area (Å²) in [5.41, 5.74) is 0. The average molecular weight is 238 g/mol. The quantitative estimate of drug-likeness (QED) is 0.784. The fourth-order valence-corrected chi connectivity index (χ4v) is 1.72. The molecule has 2 N–H and O–H groups in total. The molecule has 17 heavy (non-hydrogen) atoms. The SMILES string of the molecule is CCC(C)c1noc(CC2NCCNC2=O)n1. The molecule has 94 valence electrons. The fourth-order valence-electron chi connectivity index (χ4n) is 1.72. The third kappa shape index (κ3) is 2.82. The molecule has 1 aliphatic rings. The Kier molecular flexibility index (Phi) is 3.73.